The molecule has 1 aliphatic rings. The molecular formula is C20H27N3O4S2. The number of aromatic nitrogens is 2. The van der Waals surface area contributed by atoms with Crippen LogP contribution >= 0.6 is 23.1 Å². The first-order valence-corrected chi connectivity index (χ1v) is 11.9. The molecule has 2 aromatic rings. The summed E-state index contributed by atoms with van der Waals surface area (Å²) in [6.07, 6.45) is 7.25. The number of thiophene rings is 1. The van der Waals surface area contributed by atoms with Crippen LogP contribution in [-0.2, 0) is 33.7 Å². The summed E-state index contributed by atoms with van der Waals surface area (Å²) in [6.45, 7) is 2.57. The molecular weight excluding hydrogens is 410 g/mol. The van der Waals surface area contributed by atoms with Crippen molar-refractivity contribution in [1.29, 1.82) is 0 Å². The van der Waals surface area contributed by atoms with Gasteiger partial charge in [-0.2, -0.15) is 0 Å². The number of carbonyl (C=O) groups excluding carboxylic acids is 2. The van der Waals surface area contributed by atoms with Crippen LogP contribution in [0.15, 0.2) is 9.95 Å². The number of ether oxygens (including phenoxy) is 1. The van der Waals surface area contributed by atoms with E-state index in [1.165, 1.54) is 29.3 Å². The minimum atomic E-state index is -0.497. The molecule has 3 rings (SSSR count). The summed E-state index contributed by atoms with van der Waals surface area (Å²) in [5.41, 5.74) is 1.20. The van der Waals surface area contributed by atoms with Gasteiger partial charge in [0.2, 0.25) is 5.91 Å². The van der Waals surface area contributed by atoms with Crippen molar-refractivity contribution in [3.05, 3.63) is 20.8 Å². The molecule has 2 aromatic heterocycles. The van der Waals surface area contributed by atoms with Crippen LogP contribution in [0.25, 0.3) is 10.2 Å². The van der Waals surface area contributed by atoms with Crippen molar-refractivity contribution in [2.75, 3.05) is 19.4 Å². The molecule has 2 heterocycles. The fourth-order valence-corrected chi connectivity index (χ4v) is 5.63. The van der Waals surface area contributed by atoms with Crippen LogP contribution < -0.4 is 10.9 Å². The normalized spacial score (nSPS) is 13.3. The van der Waals surface area contributed by atoms with Gasteiger partial charge in [0.25, 0.3) is 5.56 Å². The number of aryl methyl sites for hydroxylation is 2. The van der Waals surface area contributed by atoms with Crippen LogP contribution in [0, 0.1) is 0 Å². The standard InChI is InChI=1S/C20H27N3O4S2/c1-3-4-7-10-23-19(26)17-13-8-5-6-9-14(13)29-18(17)22-20(23)28-12-15(24)21-11-16(25)27-2/h3-12H2,1-2H3,(H,21,24). The molecule has 0 saturated heterocycles. The van der Waals surface area contributed by atoms with E-state index in [1.807, 2.05) is 0 Å². The van der Waals surface area contributed by atoms with Gasteiger partial charge >= 0.3 is 5.97 Å². The molecule has 7 nitrogen and oxygen atoms in total. The van der Waals surface area contributed by atoms with Crippen molar-refractivity contribution < 1.29 is 14.3 Å². The number of methoxy groups -OCH3 is 1. The predicted octanol–water partition coefficient (Wildman–Crippen LogP) is 2.91. The zero-order valence-corrected chi connectivity index (χ0v) is 18.5. The number of thioether (sulfide) groups is 1. The van der Waals surface area contributed by atoms with Gasteiger partial charge in [0, 0.05) is 11.4 Å². The molecule has 158 valence electrons. The molecule has 0 saturated carbocycles. The fourth-order valence-electron chi connectivity index (χ4n) is 3.47. The van der Waals surface area contributed by atoms with E-state index in [4.69, 9.17) is 4.98 Å². The monoisotopic (exact) mass is 437 g/mol. The Morgan fingerprint density at radius 3 is 2.83 bits per heavy atom. The number of unbranched alkanes of at least 4 members (excludes halogenated alkanes) is 2. The van der Waals surface area contributed by atoms with E-state index in [9.17, 15) is 14.4 Å². The Bertz CT molecular complexity index is 951. The van der Waals surface area contributed by atoms with Crippen molar-refractivity contribution in [3.63, 3.8) is 0 Å². The lowest BCUT2D eigenvalue weighted by Gasteiger charge is -2.13. The van der Waals surface area contributed by atoms with Crippen molar-refractivity contribution >= 4 is 45.2 Å². The number of nitrogens with zero attached hydrogens (tertiary/aromatic N) is 2. The van der Waals surface area contributed by atoms with Crippen LogP contribution in [0.4, 0.5) is 0 Å². The topological polar surface area (TPSA) is 90.3 Å². The maximum absolute atomic E-state index is 13.3. The van der Waals surface area contributed by atoms with Gasteiger partial charge in [-0.05, 0) is 37.7 Å². The average molecular weight is 438 g/mol. The van der Waals surface area contributed by atoms with E-state index in [0.29, 0.717) is 11.7 Å². The molecule has 0 bridgehead atoms. The van der Waals surface area contributed by atoms with Gasteiger partial charge in [-0.1, -0.05) is 31.5 Å². The second-order valence-electron chi connectivity index (χ2n) is 7.09. The summed E-state index contributed by atoms with van der Waals surface area (Å²) >= 11 is 2.86. The first-order valence-electron chi connectivity index (χ1n) is 10.1. The second kappa shape index (κ2) is 10.2. The maximum atomic E-state index is 13.3. The van der Waals surface area contributed by atoms with E-state index < -0.39 is 5.97 Å². The first kappa shape index (κ1) is 21.8. The largest absolute Gasteiger partial charge is 0.468 e. The predicted molar refractivity (Wildman–Crippen MR) is 116 cm³/mol. The third kappa shape index (κ3) is 5.19. The number of hydrogen-bond acceptors (Lipinski definition) is 7. The molecule has 0 aromatic carbocycles. The Kier molecular flexibility index (Phi) is 7.71. The Balaban J connectivity index is 1.86. The third-order valence-corrected chi connectivity index (χ3v) is 7.18. The second-order valence-corrected chi connectivity index (χ2v) is 9.12. The Morgan fingerprint density at radius 1 is 1.28 bits per heavy atom. The summed E-state index contributed by atoms with van der Waals surface area (Å²) in [5, 5.41) is 3.87. The Morgan fingerprint density at radius 2 is 2.07 bits per heavy atom. The third-order valence-electron chi connectivity index (χ3n) is 5.02. The zero-order valence-electron chi connectivity index (χ0n) is 16.9. The minimum Gasteiger partial charge on any atom is -0.468 e. The number of rotatable bonds is 9. The van der Waals surface area contributed by atoms with E-state index in [0.717, 1.165) is 55.2 Å². The van der Waals surface area contributed by atoms with Crippen molar-refractivity contribution in [3.8, 4) is 0 Å². The van der Waals surface area contributed by atoms with Crippen LogP contribution in [0.1, 0.15) is 49.5 Å². The summed E-state index contributed by atoms with van der Waals surface area (Å²) in [4.78, 5) is 43.4. The average Bonchev–Trinajstić information content (AvgIpc) is 3.10. The fraction of sp³-hybridized carbons (Fsp3) is 0.600. The minimum absolute atomic E-state index is 0.0166. The van der Waals surface area contributed by atoms with Gasteiger partial charge in [-0.25, -0.2) is 4.98 Å². The van der Waals surface area contributed by atoms with Crippen molar-refractivity contribution in [2.45, 2.75) is 63.6 Å². The lowest BCUT2D eigenvalue weighted by Crippen LogP contribution is -2.31. The smallest absolute Gasteiger partial charge is 0.325 e. The highest BCUT2D eigenvalue weighted by Gasteiger charge is 2.22. The lowest BCUT2D eigenvalue weighted by molar-refractivity contribution is -0.140. The molecule has 0 aliphatic heterocycles. The molecule has 0 fully saturated rings. The van der Waals surface area contributed by atoms with Gasteiger partial charge in [0.05, 0.1) is 18.2 Å². The summed E-state index contributed by atoms with van der Waals surface area (Å²) in [5.74, 6) is -0.697. The van der Waals surface area contributed by atoms with E-state index in [2.05, 4.69) is 17.0 Å². The maximum Gasteiger partial charge on any atom is 0.325 e. The molecule has 0 radical (unpaired) electrons. The molecule has 0 spiro atoms. The molecule has 1 aliphatic carbocycles. The molecule has 1 amide bonds. The van der Waals surface area contributed by atoms with Crippen molar-refractivity contribution in [2.24, 2.45) is 0 Å². The Labute approximate surface area is 178 Å². The van der Waals surface area contributed by atoms with Gasteiger partial charge in [0.15, 0.2) is 5.16 Å². The lowest BCUT2D eigenvalue weighted by atomic mass is 9.97. The zero-order chi connectivity index (χ0) is 20.8. The van der Waals surface area contributed by atoms with Gasteiger partial charge in [0.1, 0.15) is 11.4 Å². The molecule has 0 atom stereocenters. The van der Waals surface area contributed by atoms with Gasteiger partial charge < -0.3 is 10.1 Å². The number of carbonyl (C=O) groups is 2. The van der Waals surface area contributed by atoms with Crippen LogP contribution in [0.2, 0.25) is 0 Å². The van der Waals surface area contributed by atoms with E-state index in [1.54, 1.807) is 15.9 Å². The number of esters is 1. The highest BCUT2D eigenvalue weighted by Crippen LogP contribution is 2.34. The quantitative estimate of drug-likeness (QED) is 0.281. The van der Waals surface area contributed by atoms with Crippen LogP contribution in [-0.4, -0.2) is 40.8 Å². The molecule has 29 heavy (non-hydrogen) atoms. The van der Waals surface area contributed by atoms with Crippen LogP contribution in [0.5, 0.6) is 0 Å². The van der Waals surface area contributed by atoms with Crippen molar-refractivity contribution in [1.82, 2.24) is 14.9 Å². The number of fused-ring (bicyclic) bond motifs is 3. The first-order chi connectivity index (χ1) is 14.0. The van der Waals surface area contributed by atoms with E-state index >= 15 is 0 Å². The molecule has 1 N–H and O–H groups in total. The Hall–Kier alpha value is -1.87. The number of hydrogen-bond donors (Lipinski definition) is 1. The van der Waals surface area contributed by atoms with Crippen LogP contribution in [0.3, 0.4) is 0 Å². The van der Waals surface area contributed by atoms with E-state index in [-0.39, 0.29) is 23.8 Å². The summed E-state index contributed by atoms with van der Waals surface area (Å²) in [6, 6.07) is 0. The highest BCUT2D eigenvalue weighted by atomic mass is 32.2. The molecule has 9 heteroatoms. The van der Waals surface area contributed by atoms with Gasteiger partial charge in [-0.3, -0.25) is 19.0 Å². The SMILES string of the molecule is CCCCCn1c(SCC(=O)NCC(=O)OC)nc2sc3c(c2c1=O)CCCC3. The number of nitrogens with one attached hydrogen (secondary N) is 1. The number of amides is 1. The highest BCUT2D eigenvalue weighted by molar-refractivity contribution is 7.99. The summed E-state index contributed by atoms with van der Waals surface area (Å²) in [7, 11) is 1.28. The molecule has 0 unspecified atom stereocenters. The van der Waals surface area contributed by atoms with Gasteiger partial charge in [-0.15, -0.1) is 11.3 Å². The summed E-state index contributed by atoms with van der Waals surface area (Å²) < 4.78 is 6.26.